The van der Waals surface area contributed by atoms with Crippen LogP contribution < -0.4 is 10.2 Å². The Labute approximate surface area is 134 Å². The maximum Gasteiger partial charge on any atom is 0.501 e. The van der Waals surface area contributed by atoms with E-state index in [1.165, 1.54) is 6.07 Å². The van der Waals surface area contributed by atoms with E-state index in [-0.39, 0.29) is 6.04 Å². The molecule has 130 valence electrons. The molecule has 1 aliphatic rings. The van der Waals surface area contributed by atoms with Crippen LogP contribution in [0.25, 0.3) is 0 Å². The molecule has 1 heterocycles. The molecule has 0 amide bonds. The Morgan fingerprint density at radius 1 is 1.35 bits per heavy atom. The van der Waals surface area contributed by atoms with Crippen molar-refractivity contribution < 1.29 is 21.6 Å². The summed E-state index contributed by atoms with van der Waals surface area (Å²) in [7, 11) is -5.31. The highest BCUT2D eigenvalue weighted by molar-refractivity contribution is 7.92. The van der Waals surface area contributed by atoms with Crippen molar-refractivity contribution in [2.75, 3.05) is 24.5 Å². The number of hydrogen-bond acceptors (Lipinski definition) is 4. The van der Waals surface area contributed by atoms with E-state index in [4.69, 9.17) is 0 Å². The summed E-state index contributed by atoms with van der Waals surface area (Å²) in [6.07, 6.45) is 0.955. The van der Waals surface area contributed by atoms with Crippen LogP contribution in [-0.4, -0.2) is 39.6 Å². The first-order chi connectivity index (χ1) is 10.6. The van der Waals surface area contributed by atoms with Crippen LogP contribution in [0.5, 0.6) is 0 Å². The number of hydrogen-bond donors (Lipinski definition) is 1. The summed E-state index contributed by atoms with van der Waals surface area (Å²) in [4.78, 5) is 1.22. The van der Waals surface area contributed by atoms with E-state index in [1.807, 2.05) is 4.90 Å². The largest absolute Gasteiger partial charge is 0.501 e. The van der Waals surface area contributed by atoms with Gasteiger partial charge in [0.15, 0.2) is 0 Å². The molecular weight excluding hydrogens is 329 g/mol. The molecule has 1 aromatic rings. The van der Waals surface area contributed by atoms with E-state index in [1.54, 1.807) is 6.07 Å². The average molecular weight is 350 g/mol. The van der Waals surface area contributed by atoms with Gasteiger partial charge in [-0.05, 0) is 30.5 Å². The second-order valence-electron chi connectivity index (χ2n) is 6.17. The highest BCUT2D eigenvalue weighted by Gasteiger charge is 2.47. The molecule has 1 aliphatic heterocycles. The summed E-state index contributed by atoms with van der Waals surface area (Å²) >= 11 is 0. The van der Waals surface area contributed by atoms with Gasteiger partial charge < -0.3 is 10.2 Å². The third-order valence-electron chi connectivity index (χ3n) is 3.81. The Morgan fingerprint density at radius 3 is 2.65 bits per heavy atom. The van der Waals surface area contributed by atoms with Crippen molar-refractivity contribution in [1.29, 1.82) is 0 Å². The second-order valence-corrected chi connectivity index (χ2v) is 8.11. The fraction of sp³-hybridized carbons (Fsp3) is 0.600. The molecule has 0 aliphatic carbocycles. The van der Waals surface area contributed by atoms with E-state index in [9.17, 15) is 21.6 Å². The van der Waals surface area contributed by atoms with Crippen LogP contribution in [-0.2, 0) is 9.84 Å². The Balaban J connectivity index is 2.23. The average Bonchev–Trinajstić information content (AvgIpc) is 2.46. The number of piperazine rings is 1. The SMILES string of the molecule is CC(C)CC1CN(c2cccc(S(=O)(=O)C(F)(F)F)c2)CCN1. The van der Waals surface area contributed by atoms with E-state index in [0.717, 1.165) is 18.6 Å². The van der Waals surface area contributed by atoms with Crippen molar-refractivity contribution in [2.45, 2.75) is 36.7 Å². The van der Waals surface area contributed by atoms with Gasteiger partial charge in [-0.1, -0.05) is 19.9 Å². The zero-order chi connectivity index (χ0) is 17.3. The van der Waals surface area contributed by atoms with Crippen LogP contribution >= 0.6 is 0 Å². The van der Waals surface area contributed by atoms with Crippen LogP contribution in [0.2, 0.25) is 0 Å². The summed E-state index contributed by atoms with van der Waals surface area (Å²) in [6.45, 7) is 6.21. The van der Waals surface area contributed by atoms with Gasteiger partial charge in [0.1, 0.15) is 0 Å². The number of alkyl halides is 3. The third kappa shape index (κ3) is 4.17. The number of halogens is 3. The summed E-state index contributed by atoms with van der Waals surface area (Å²) in [5.41, 5.74) is -4.78. The molecule has 1 atom stereocenters. The Hall–Kier alpha value is -1.28. The first-order valence-corrected chi connectivity index (χ1v) is 8.99. The lowest BCUT2D eigenvalue weighted by Crippen LogP contribution is -2.51. The van der Waals surface area contributed by atoms with E-state index in [0.29, 0.717) is 31.2 Å². The lowest BCUT2D eigenvalue weighted by atomic mass is 10.0. The van der Waals surface area contributed by atoms with Crippen LogP contribution in [0.15, 0.2) is 29.2 Å². The standard InChI is InChI=1S/C15H21F3N2O2S/c1-11(2)8-12-10-20(7-6-19-12)13-4-3-5-14(9-13)23(21,22)15(16,17)18/h3-5,9,11-12,19H,6-8,10H2,1-2H3. The maximum absolute atomic E-state index is 12.7. The molecule has 2 rings (SSSR count). The summed E-state index contributed by atoms with van der Waals surface area (Å²) in [5.74, 6) is 0.504. The zero-order valence-electron chi connectivity index (χ0n) is 13.1. The van der Waals surface area contributed by atoms with Crippen molar-refractivity contribution in [1.82, 2.24) is 5.32 Å². The van der Waals surface area contributed by atoms with Gasteiger partial charge in [-0.2, -0.15) is 13.2 Å². The summed E-state index contributed by atoms with van der Waals surface area (Å²) in [6, 6.07) is 5.34. The first kappa shape index (κ1) is 18.1. The molecule has 0 bridgehead atoms. The molecular formula is C15H21F3N2O2S. The predicted molar refractivity (Wildman–Crippen MR) is 83.1 cm³/mol. The Bertz CT molecular complexity index is 644. The molecule has 0 radical (unpaired) electrons. The minimum atomic E-state index is -5.31. The normalized spacial score (nSPS) is 20.1. The quantitative estimate of drug-likeness (QED) is 0.907. The number of sulfone groups is 1. The van der Waals surface area contributed by atoms with Gasteiger partial charge in [0.05, 0.1) is 4.90 Å². The van der Waals surface area contributed by atoms with Crippen molar-refractivity contribution >= 4 is 15.5 Å². The van der Waals surface area contributed by atoms with Crippen LogP contribution in [0.3, 0.4) is 0 Å². The molecule has 0 spiro atoms. The molecule has 23 heavy (non-hydrogen) atoms. The monoisotopic (exact) mass is 350 g/mol. The molecule has 0 aromatic heterocycles. The van der Waals surface area contributed by atoms with Gasteiger partial charge in [-0.25, -0.2) is 8.42 Å². The first-order valence-electron chi connectivity index (χ1n) is 7.51. The van der Waals surface area contributed by atoms with Crippen LogP contribution in [0.4, 0.5) is 18.9 Å². The number of nitrogens with one attached hydrogen (secondary N) is 1. The minimum absolute atomic E-state index is 0.242. The van der Waals surface area contributed by atoms with E-state index < -0.39 is 20.2 Å². The van der Waals surface area contributed by atoms with Gasteiger partial charge in [-0.3, -0.25) is 0 Å². The van der Waals surface area contributed by atoms with Crippen molar-refractivity contribution in [2.24, 2.45) is 5.92 Å². The molecule has 1 unspecified atom stereocenters. The van der Waals surface area contributed by atoms with Gasteiger partial charge in [0.2, 0.25) is 0 Å². The summed E-state index contributed by atoms with van der Waals surface area (Å²) < 4.78 is 61.1. The third-order valence-corrected chi connectivity index (χ3v) is 5.29. The number of anilines is 1. The molecule has 8 heteroatoms. The maximum atomic E-state index is 12.7. The lowest BCUT2D eigenvalue weighted by Gasteiger charge is -2.36. The molecule has 1 fully saturated rings. The Kier molecular flexibility index (Phi) is 5.25. The van der Waals surface area contributed by atoms with Crippen LogP contribution in [0, 0.1) is 5.92 Å². The number of nitrogens with zero attached hydrogens (tertiary/aromatic N) is 1. The Morgan fingerprint density at radius 2 is 2.04 bits per heavy atom. The zero-order valence-corrected chi connectivity index (χ0v) is 13.9. The van der Waals surface area contributed by atoms with Crippen molar-refractivity contribution in [3.8, 4) is 0 Å². The van der Waals surface area contributed by atoms with Gasteiger partial charge in [-0.15, -0.1) is 0 Å². The van der Waals surface area contributed by atoms with Crippen molar-refractivity contribution in [3.63, 3.8) is 0 Å². The number of benzene rings is 1. The molecule has 1 N–H and O–H groups in total. The topological polar surface area (TPSA) is 49.4 Å². The van der Waals surface area contributed by atoms with Gasteiger partial charge in [0, 0.05) is 31.4 Å². The van der Waals surface area contributed by atoms with Gasteiger partial charge in [0.25, 0.3) is 9.84 Å². The molecule has 1 saturated heterocycles. The number of rotatable bonds is 4. The molecule has 1 aromatic carbocycles. The summed E-state index contributed by atoms with van der Waals surface area (Å²) in [5, 5.41) is 3.38. The predicted octanol–water partition coefficient (Wildman–Crippen LogP) is 2.80. The van der Waals surface area contributed by atoms with Crippen molar-refractivity contribution in [3.05, 3.63) is 24.3 Å². The van der Waals surface area contributed by atoms with Gasteiger partial charge >= 0.3 is 5.51 Å². The highest BCUT2D eigenvalue weighted by atomic mass is 32.2. The van der Waals surface area contributed by atoms with E-state index >= 15 is 0 Å². The smallest absolute Gasteiger partial charge is 0.369 e. The highest BCUT2D eigenvalue weighted by Crippen LogP contribution is 2.32. The fourth-order valence-electron chi connectivity index (χ4n) is 2.77. The lowest BCUT2D eigenvalue weighted by molar-refractivity contribution is -0.0435. The molecule has 0 saturated carbocycles. The fourth-order valence-corrected chi connectivity index (χ4v) is 3.57. The van der Waals surface area contributed by atoms with E-state index in [2.05, 4.69) is 19.2 Å². The van der Waals surface area contributed by atoms with Crippen LogP contribution in [0.1, 0.15) is 20.3 Å². The minimum Gasteiger partial charge on any atom is -0.369 e. The second kappa shape index (κ2) is 6.68. The molecule has 4 nitrogen and oxygen atoms in total.